The summed E-state index contributed by atoms with van der Waals surface area (Å²) >= 11 is 0. The maximum Gasteiger partial charge on any atom is 0.490 e. The number of carboxylic acid groups (broad SMARTS) is 1. The molecule has 27 heavy (non-hydrogen) atoms. The lowest BCUT2D eigenvalue weighted by atomic mass is 10.1. The number of carbonyl (C=O) groups is 1. The summed E-state index contributed by atoms with van der Waals surface area (Å²) in [6, 6.07) is 3.05. The number of ether oxygens (including phenoxy) is 1. The monoisotopic (exact) mass is 403 g/mol. The number of hydrogen-bond acceptors (Lipinski definition) is 3. The van der Waals surface area contributed by atoms with Crippen LogP contribution in [0.2, 0.25) is 0 Å². The molecule has 3 atom stereocenters. The number of carboxylic acids is 1. The van der Waals surface area contributed by atoms with Crippen LogP contribution >= 0.6 is 0 Å². The Bertz CT molecular complexity index is 675. The zero-order valence-electron chi connectivity index (χ0n) is 13.7. The van der Waals surface area contributed by atoms with Gasteiger partial charge in [-0.3, -0.25) is 0 Å². The van der Waals surface area contributed by atoms with Crippen LogP contribution in [0.3, 0.4) is 0 Å². The van der Waals surface area contributed by atoms with Crippen LogP contribution < -0.4 is 5.32 Å². The van der Waals surface area contributed by atoms with Crippen molar-refractivity contribution in [2.45, 2.75) is 43.9 Å². The van der Waals surface area contributed by atoms with E-state index >= 15 is 0 Å². The van der Waals surface area contributed by atoms with Gasteiger partial charge in [0.15, 0.2) is 0 Å². The highest BCUT2D eigenvalue weighted by Gasteiger charge is 2.40. The Hall–Kier alpha value is -1.88. The number of halogens is 7. The van der Waals surface area contributed by atoms with Gasteiger partial charge in [0.2, 0.25) is 0 Å². The van der Waals surface area contributed by atoms with E-state index in [1.54, 1.807) is 0 Å². The highest BCUT2D eigenvalue weighted by Crippen LogP contribution is 2.34. The van der Waals surface area contributed by atoms with E-state index in [2.05, 4.69) is 5.32 Å². The fourth-order valence-corrected chi connectivity index (χ4v) is 3.03. The summed E-state index contributed by atoms with van der Waals surface area (Å²) in [7, 11) is 0. The molecule has 0 radical (unpaired) electrons. The lowest BCUT2D eigenvalue weighted by Crippen LogP contribution is -2.34. The number of rotatable bonds is 3. The van der Waals surface area contributed by atoms with Gasteiger partial charge < -0.3 is 15.2 Å². The lowest BCUT2D eigenvalue weighted by molar-refractivity contribution is -0.192. The summed E-state index contributed by atoms with van der Waals surface area (Å²) in [5.41, 5.74) is -0.795. The number of benzene rings is 1. The summed E-state index contributed by atoms with van der Waals surface area (Å²) in [6.07, 6.45) is -7.55. The van der Waals surface area contributed by atoms with Crippen molar-refractivity contribution in [1.29, 1.82) is 0 Å². The fourth-order valence-electron chi connectivity index (χ4n) is 3.03. The molecule has 1 aromatic rings. The second-order valence-electron chi connectivity index (χ2n) is 6.29. The van der Waals surface area contributed by atoms with Crippen molar-refractivity contribution in [3.05, 3.63) is 35.1 Å². The second-order valence-corrected chi connectivity index (χ2v) is 6.29. The van der Waals surface area contributed by atoms with E-state index in [9.17, 15) is 30.7 Å². The number of hydrogen-bond donors (Lipinski definition) is 2. The van der Waals surface area contributed by atoms with Crippen molar-refractivity contribution in [2.24, 2.45) is 5.92 Å². The van der Waals surface area contributed by atoms with Crippen molar-refractivity contribution in [2.75, 3.05) is 6.54 Å². The normalized spacial score (nSPS) is 24.5. The zero-order chi connectivity index (χ0) is 20.4. The largest absolute Gasteiger partial charge is 0.490 e. The smallest absolute Gasteiger partial charge is 0.475 e. The summed E-state index contributed by atoms with van der Waals surface area (Å²) in [5.74, 6) is -3.17. The van der Waals surface area contributed by atoms with Crippen molar-refractivity contribution in [3.63, 3.8) is 0 Å². The standard InChI is InChI=1S/C14H15F4NO.C2HF3O2/c15-12-4-10(14(16,17)18)2-1-8(12)7-20-13-5-11-3-9(13)6-19-11;3-2(4,5)1(6)7/h1-2,4,9,11,13,19H,3,5-7H2;(H,6,7). The molecule has 0 amide bonds. The SMILES string of the molecule is Fc1cc(C(F)(F)F)ccc1COC1CC2CC1CN2.O=C(O)C(F)(F)F. The molecule has 2 aliphatic rings. The van der Waals surface area contributed by atoms with Gasteiger partial charge in [-0.25, -0.2) is 9.18 Å². The van der Waals surface area contributed by atoms with Crippen molar-refractivity contribution in [1.82, 2.24) is 5.32 Å². The molecule has 3 rings (SSSR count). The summed E-state index contributed by atoms with van der Waals surface area (Å²) in [6.45, 7) is 0.933. The number of fused-ring (bicyclic) bond motifs is 2. The Kier molecular flexibility index (Phi) is 6.35. The van der Waals surface area contributed by atoms with Crippen molar-refractivity contribution in [3.8, 4) is 0 Å². The van der Waals surface area contributed by atoms with E-state index < -0.39 is 29.7 Å². The molecule has 1 aromatic carbocycles. The number of aliphatic carboxylic acids is 1. The van der Waals surface area contributed by atoms with E-state index in [-0.39, 0.29) is 18.3 Å². The molecule has 2 bridgehead atoms. The molecule has 3 unspecified atom stereocenters. The quantitative estimate of drug-likeness (QED) is 0.755. The minimum Gasteiger partial charge on any atom is -0.475 e. The molecule has 1 heterocycles. The Balaban J connectivity index is 0.000000321. The summed E-state index contributed by atoms with van der Waals surface area (Å²) < 4.78 is 88.3. The minimum absolute atomic E-state index is 0.0257. The molecule has 2 fully saturated rings. The van der Waals surface area contributed by atoms with Crippen LogP contribution in [0.15, 0.2) is 18.2 Å². The molecular weight excluding hydrogens is 387 g/mol. The first kappa shape index (κ1) is 21.4. The van der Waals surface area contributed by atoms with Crippen molar-refractivity contribution < 1.29 is 45.4 Å². The molecule has 1 aliphatic heterocycles. The maximum absolute atomic E-state index is 13.6. The van der Waals surface area contributed by atoms with Crippen LogP contribution in [0.5, 0.6) is 0 Å². The molecule has 152 valence electrons. The molecule has 0 aromatic heterocycles. The topological polar surface area (TPSA) is 58.6 Å². The molecule has 11 heteroatoms. The third kappa shape index (κ3) is 5.80. The van der Waals surface area contributed by atoms with Gasteiger partial charge in [-0.15, -0.1) is 0 Å². The Morgan fingerprint density at radius 3 is 2.22 bits per heavy atom. The minimum atomic E-state index is -5.08. The van der Waals surface area contributed by atoms with Gasteiger partial charge in [0.25, 0.3) is 0 Å². The lowest BCUT2D eigenvalue weighted by Gasteiger charge is -2.23. The fraction of sp³-hybridized carbons (Fsp3) is 0.562. The number of alkyl halides is 6. The first-order valence-corrected chi connectivity index (χ1v) is 7.88. The first-order valence-electron chi connectivity index (χ1n) is 7.88. The maximum atomic E-state index is 13.6. The Morgan fingerprint density at radius 1 is 1.19 bits per heavy atom. The predicted molar refractivity (Wildman–Crippen MR) is 78.2 cm³/mol. The summed E-state index contributed by atoms with van der Waals surface area (Å²) in [4.78, 5) is 8.90. The van der Waals surface area contributed by atoms with Gasteiger partial charge in [0.1, 0.15) is 5.82 Å². The van der Waals surface area contributed by atoms with Gasteiger partial charge in [0, 0.05) is 18.2 Å². The van der Waals surface area contributed by atoms with Gasteiger partial charge in [-0.1, -0.05) is 6.07 Å². The molecular formula is C16H16F7NO3. The third-order valence-electron chi connectivity index (χ3n) is 4.37. The van der Waals surface area contributed by atoms with E-state index in [1.807, 2.05) is 0 Å². The summed E-state index contributed by atoms with van der Waals surface area (Å²) in [5, 5.41) is 10.5. The Morgan fingerprint density at radius 2 is 1.81 bits per heavy atom. The van der Waals surface area contributed by atoms with Crippen LogP contribution in [0.4, 0.5) is 30.7 Å². The van der Waals surface area contributed by atoms with E-state index in [1.165, 1.54) is 0 Å². The molecule has 0 spiro atoms. The van der Waals surface area contributed by atoms with Crippen LogP contribution in [-0.4, -0.2) is 35.9 Å². The van der Waals surface area contributed by atoms with Crippen molar-refractivity contribution >= 4 is 5.97 Å². The molecule has 2 N–H and O–H groups in total. The van der Waals surface area contributed by atoms with Crippen LogP contribution in [0.25, 0.3) is 0 Å². The first-order chi connectivity index (χ1) is 12.4. The zero-order valence-corrected chi connectivity index (χ0v) is 13.7. The Labute approximate surface area is 149 Å². The second kappa shape index (κ2) is 8.01. The van der Waals surface area contributed by atoms with E-state index in [0.717, 1.165) is 31.5 Å². The average molecular weight is 403 g/mol. The van der Waals surface area contributed by atoms with Crippen LogP contribution in [0.1, 0.15) is 24.0 Å². The van der Waals surface area contributed by atoms with Gasteiger partial charge in [0.05, 0.1) is 18.3 Å². The third-order valence-corrected chi connectivity index (χ3v) is 4.37. The van der Waals surface area contributed by atoms with E-state index in [0.29, 0.717) is 18.0 Å². The van der Waals surface area contributed by atoms with Crippen LogP contribution in [-0.2, 0) is 22.3 Å². The molecule has 1 aliphatic carbocycles. The van der Waals surface area contributed by atoms with E-state index in [4.69, 9.17) is 14.6 Å². The molecule has 4 nitrogen and oxygen atoms in total. The van der Waals surface area contributed by atoms with Gasteiger partial charge in [-0.2, -0.15) is 26.3 Å². The van der Waals surface area contributed by atoms with Gasteiger partial charge in [-0.05, 0) is 30.9 Å². The molecule has 1 saturated heterocycles. The predicted octanol–water partition coefficient (Wildman–Crippen LogP) is 3.74. The molecule has 1 saturated carbocycles. The highest BCUT2D eigenvalue weighted by atomic mass is 19.4. The average Bonchev–Trinajstić information content (AvgIpc) is 3.15. The highest BCUT2D eigenvalue weighted by molar-refractivity contribution is 5.73. The number of piperidine rings is 1. The van der Waals surface area contributed by atoms with Gasteiger partial charge >= 0.3 is 18.3 Å². The van der Waals surface area contributed by atoms with Crippen LogP contribution in [0, 0.1) is 11.7 Å². The number of nitrogens with one attached hydrogen (secondary N) is 1.